The number of carbonyl (C=O) groups excluding carboxylic acids is 1. The molecule has 0 fully saturated rings. The van der Waals surface area contributed by atoms with Crippen molar-refractivity contribution in [2.24, 2.45) is 0 Å². The van der Waals surface area contributed by atoms with E-state index in [1.165, 1.54) is 11.8 Å². The van der Waals surface area contributed by atoms with Crippen molar-refractivity contribution in [2.45, 2.75) is 5.03 Å². The monoisotopic (exact) mass is 360 g/mol. The van der Waals surface area contributed by atoms with Crippen LogP contribution in [0.15, 0.2) is 84.0 Å². The van der Waals surface area contributed by atoms with Gasteiger partial charge in [0.1, 0.15) is 5.03 Å². The summed E-state index contributed by atoms with van der Waals surface area (Å²) in [7, 11) is 0. The summed E-state index contributed by atoms with van der Waals surface area (Å²) in [5, 5.41) is 8.18. The fourth-order valence-electron chi connectivity index (χ4n) is 2.55. The van der Waals surface area contributed by atoms with Crippen LogP contribution in [0.2, 0.25) is 0 Å². The molecular weight excluding hydrogens is 344 g/mol. The van der Waals surface area contributed by atoms with Gasteiger partial charge >= 0.3 is 0 Å². The fraction of sp³-hybridized carbons (Fsp3) is 0.0500. The summed E-state index contributed by atoms with van der Waals surface area (Å²) in [6, 6.07) is 23.2. The van der Waals surface area contributed by atoms with Crippen LogP contribution in [-0.4, -0.2) is 26.3 Å². The maximum absolute atomic E-state index is 12.1. The second-order valence-corrected chi connectivity index (χ2v) is 6.67. The number of carbonyl (C=O) groups is 1. The highest BCUT2D eigenvalue weighted by Gasteiger charge is 2.08. The van der Waals surface area contributed by atoms with Crippen LogP contribution in [0.4, 0.5) is 5.69 Å². The zero-order valence-electron chi connectivity index (χ0n) is 13.9. The van der Waals surface area contributed by atoms with Gasteiger partial charge in [-0.1, -0.05) is 60.3 Å². The minimum atomic E-state index is -0.0568. The van der Waals surface area contributed by atoms with Crippen molar-refractivity contribution in [1.82, 2.24) is 14.6 Å². The van der Waals surface area contributed by atoms with Crippen LogP contribution < -0.4 is 5.32 Å². The number of hydrogen-bond donors (Lipinski definition) is 1. The Bertz CT molecular complexity index is 1030. The number of benzene rings is 2. The summed E-state index contributed by atoms with van der Waals surface area (Å²) in [6.45, 7) is 0. The average molecular weight is 360 g/mol. The SMILES string of the molecule is O=C(CSc1ccc2nc(-c3ccccc3)cn2n1)Nc1ccccc1. The Labute approximate surface area is 155 Å². The minimum absolute atomic E-state index is 0.0568. The van der Waals surface area contributed by atoms with Gasteiger partial charge in [-0.05, 0) is 24.3 Å². The van der Waals surface area contributed by atoms with Gasteiger partial charge in [-0.3, -0.25) is 4.79 Å². The number of hydrogen-bond acceptors (Lipinski definition) is 4. The largest absolute Gasteiger partial charge is 0.325 e. The van der Waals surface area contributed by atoms with E-state index in [-0.39, 0.29) is 5.91 Å². The molecule has 0 aliphatic heterocycles. The normalized spacial score (nSPS) is 10.8. The number of rotatable bonds is 5. The molecule has 0 saturated carbocycles. The van der Waals surface area contributed by atoms with Crippen LogP contribution in [0.1, 0.15) is 0 Å². The van der Waals surface area contributed by atoms with Crippen LogP contribution in [0.3, 0.4) is 0 Å². The molecule has 0 saturated heterocycles. The molecule has 2 aromatic heterocycles. The molecule has 0 bridgehead atoms. The molecule has 0 atom stereocenters. The molecule has 0 aliphatic carbocycles. The summed E-state index contributed by atoms with van der Waals surface area (Å²) in [5.74, 6) is 0.242. The maximum Gasteiger partial charge on any atom is 0.234 e. The summed E-state index contributed by atoms with van der Waals surface area (Å²) >= 11 is 1.40. The Morgan fingerprint density at radius 1 is 0.962 bits per heavy atom. The number of aromatic nitrogens is 3. The molecule has 0 unspecified atom stereocenters. The lowest BCUT2D eigenvalue weighted by Gasteiger charge is -2.04. The zero-order chi connectivity index (χ0) is 17.8. The summed E-state index contributed by atoms with van der Waals surface area (Å²) < 4.78 is 1.75. The van der Waals surface area contributed by atoms with Crippen molar-refractivity contribution in [3.8, 4) is 11.3 Å². The number of fused-ring (bicyclic) bond motifs is 1. The van der Waals surface area contributed by atoms with E-state index in [0.717, 1.165) is 27.6 Å². The van der Waals surface area contributed by atoms with Crippen molar-refractivity contribution in [3.63, 3.8) is 0 Å². The lowest BCUT2D eigenvalue weighted by molar-refractivity contribution is -0.113. The molecule has 6 heteroatoms. The van der Waals surface area contributed by atoms with E-state index in [0.29, 0.717) is 5.75 Å². The quantitative estimate of drug-likeness (QED) is 0.544. The highest BCUT2D eigenvalue weighted by Crippen LogP contribution is 2.21. The van der Waals surface area contributed by atoms with Crippen molar-refractivity contribution >= 4 is 29.0 Å². The Morgan fingerprint density at radius 3 is 2.46 bits per heavy atom. The lowest BCUT2D eigenvalue weighted by Crippen LogP contribution is -2.14. The summed E-state index contributed by atoms with van der Waals surface area (Å²) in [6.07, 6.45) is 1.90. The predicted molar refractivity (Wildman–Crippen MR) is 104 cm³/mol. The molecule has 0 spiro atoms. The first-order valence-corrected chi connectivity index (χ1v) is 9.16. The molecule has 1 N–H and O–H groups in total. The first-order valence-electron chi connectivity index (χ1n) is 8.17. The van der Waals surface area contributed by atoms with Crippen LogP contribution in [0.25, 0.3) is 16.9 Å². The number of amides is 1. The van der Waals surface area contributed by atoms with Gasteiger partial charge < -0.3 is 5.32 Å². The first kappa shape index (κ1) is 16.4. The van der Waals surface area contributed by atoms with Crippen LogP contribution >= 0.6 is 11.8 Å². The Balaban J connectivity index is 1.45. The van der Waals surface area contributed by atoms with E-state index >= 15 is 0 Å². The Morgan fingerprint density at radius 2 is 1.69 bits per heavy atom. The zero-order valence-corrected chi connectivity index (χ0v) is 14.7. The van der Waals surface area contributed by atoms with Crippen molar-refractivity contribution in [1.29, 1.82) is 0 Å². The van der Waals surface area contributed by atoms with Crippen molar-refractivity contribution < 1.29 is 4.79 Å². The molecule has 0 radical (unpaired) electrons. The van der Waals surface area contributed by atoms with Gasteiger partial charge in [0.05, 0.1) is 17.6 Å². The molecule has 128 valence electrons. The van der Waals surface area contributed by atoms with E-state index in [1.807, 2.05) is 79.0 Å². The van der Waals surface area contributed by atoms with Crippen LogP contribution in [-0.2, 0) is 4.79 Å². The predicted octanol–water partition coefficient (Wildman–Crippen LogP) is 4.13. The molecule has 2 aromatic carbocycles. The number of anilines is 1. The average Bonchev–Trinajstić information content (AvgIpc) is 3.11. The van der Waals surface area contributed by atoms with Gasteiger partial charge in [-0.25, -0.2) is 9.50 Å². The third kappa shape index (κ3) is 3.75. The van der Waals surface area contributed by atoms with Gasteiger partial charge in [0.2, 0.25) is 5.91 Å². The molecule has 0 aliphatic rings. The van der Waals surface area contributed by atoms with Crippen molar-refractivity contribution in [3.05, 3.63) is 79.0 Å². The number of nitrogens with zero attached hydrogens (tertiary/aromatic N) is 3. The molecule has 2 heterocycles. The van der Waals surface area contributed by atoms with Crippen LogP contribution in [0, 0.1) is 0 Å². The summed E-state index contributed by atoms with van der Waals surface area (Å²) in [4.78, 5) is 16.6. The van der Waals surface area contributed by atoms with Gasteiger partial charge in [0.25, 0.3) is 0 Å². The van der Waals surface area contributed by atoms with Gasteiger partial charge in [0, 0.05) is 11.3 Å². The lowest BCUT2D eigenvalue weighted by atomic mass is 10.2. The van der Waals surface area contributed by atoms with Gasteiger partial charge in [0.15, 0.2) is 5.65 Å². The molecule has 26 heavy (non-hydrogen) atoms. The van der Waals surface area contributed by atoms with E-state index in [1.54, 1.807) is 4.52 Å². The Kier molecular flexibility index (Phi) is 4.66. The fourth-order valence-corrected chi connectivity index (χ4v) is 3.21. The van der Waals surface area contributed by atoms with E-state index in [2.05, 4.69) is 15.4 Å². The van der Waals surface area contributed by atoms with E-state index in [4.69, 9.17) is 0 Å². The number of imidazole rings is 1. The third-order valence-corrected chi connectivity index (χ3v) is 4.69. The van der Waals surface area contributed by atoms with Crippen molar-refractivity contribution in [2.75, 3.05) is 11.1 Å². The first-order chi connectivity index (χ1) is 12.8. The van der Waals surface area contributed by atoms with E-state index < -0.39 is 0 Å². The van der Waals surface area contributed by atoms with Gasteiger partial charge in [-0.15, -0.1) is 0 Å². The van der Waals surface area contributed by atoms with Crippen LogP contribution in [0.5, 0.6) is 0 Å². The second-order valence-electron chi connectivity index (χ2n) is 5.67. The standard InChI is InChI=1S/C20H16N4OS/c25-19(21-16-9-5-2-6-10-16)14-26-20-12-11-18-22-17(13-24(18)23-20)15-7-3-1-4-8-15/h1-13H,14H2,(H,21,25). The number of nitrogens with one attached hydrogen (secondary N) is 1. The molecule has 1 amide bonds. The molecule has 5 nitrogen and oxygen atoms in total. The topological polar surface area (TPSA) is 59.3 Å². The Hall–Kier alpha value is -3.12. The maximum atomic E-state index is 12.1. The van der Waals surface area contributed by atoms with Gasteiger partial charge in [-0.2, -0.15) is 5.10 Å². The molecule has 4 aromatic rings. The number of para-hydroxylation sites is 1. The summed E-state index contributed by atoms with van der Waals surface area (Å²) in [5.41, 5.74) is 3.50. The number of thioether (sulfide) groups is 1. The minimum Gasteiger partial charge on any atom is -0.325 e. The highest BCUT2D eigenvalue weighted by molar-refractivity contribution is 7.99. The second kappa shape index (κ2) is 7.41. The smallest absolute Gasteiger partial charge is 0.234 e. The molecule has 4 rings (SSSR count). The molecular formula is C20H16N4OS. The van der Waals surface area contributed by atoms with E-state index in [9.17, 15) is 4.79 Å². The highest BCUT2D eigenvalue weighted by atomic mass is 32.2. The third-order valence-electron chi connectivity index (χ3n) is 3.77.